The predicted molar refractivity (Wildman–Crippen MR) is 85.4 cm³/mol. The van der Waals surface area contributed by atoms with Gasteiger partial charge in [0.25, 0.3) is 5.91 Å². The van der Waals surface area contributed by atoms with Crippen LogP contribution in [-0.4, -0.2) is 31.0 Å². The Hall–Kier alpha value is -0.140. The van der Waals surface area contributed by atoms with Crippen molar-refractivity contribution in [1.82, 2.24) is 5.32 Å². The smallest absolute Gasteiger partial charge is 0.252 e. The molecule has 3 nitrogen and oxygen atoms in total. The Morgan fingerprint density at radius 1 is 1.56 bits per heavy atom. The molecule has 1 aromatic rings. The van der Waals surface area contributed by atoms with Crippen molar-refractivity contribution in [3.63, 3.8) is 0 Å². The van der Waals surface area contributed by atoms with Crippen LogP contribution in [0, 0.1) is 10.5 Å². The summed E-state index contributed by atoms with van der Waals surface area (Å²) in [6.07, 6.45) is 0.849. The highest BCUT2D eigenvalue weighted by atomic mass is 127. The standard InChI is InChI=1S/C13H17BrINO2/c1-9-4-3-5-11(12(9)15)13(17)16-10(6-7-14)8-18-2/h3-5,10H,6-8H2,1-2H3,(H,16,17). The van der Waals surface area contributed by atoms with Crippen molar-refractivity contribution in [2.24, 2.45) is 0 Å². The Bertz CT molecular complexity index is 406. The van der Waals surface area contributed by atoms with E-state index in [1.165, 1.54) is 0 Å². The number of amides is 1. The summed E-state index contributed by atoms with van der Waals surface area (Å²) in [5.41, 5.74) is 1.85. The van der Waals surface area contributed by atoms with Crippen molar-refractivity contribution in [2.75, 3.05) is 19.0 Å². The summed E-state index contributed by atoms with van der Waals surface area (Å²) in [4.78, 5) is 12.2. The number of methoxy groups -OCH3 is 1. The monoisotopic (exact) mass is 425 g/mol. The van der Waals surface area contributed by atoms with Crippen molar-refractivity contribution < 1.29 is 9.53 Å². The first-order valence-corrected chi connectivity index (χ1v) is 7.91. The van der Waals surface area contributed by atoms with Crippen molar-refractivity contribution in [1.29, 1.82) is 0 Å². The highest BCUT2D eigenvalue weighted by Gasteiger charge is 2.15. The number of nitrogens with one attached hydrogen (secondary N) is 1. The quantitative estimate of drug-likeness (QED) is 0.561. The van der Waals surface area contributed by atoms with Crippen LogP contribution < -0.4 is 5.32 Å². The summed E-state index contributed by atoms with van der Waals surface area (Å²) in [5, 5.41) is 3.84. The molecule has 0 aromatic heterocycles. The average Bonchev–Trinajstić information content (AvgIpc) is 2.33. The summed E-state index contributed by atoms with van der Waals surface area (Å²) in [7, 11) is 1.64. The second kappa shape index (κ2) is 8.12. The zero-order chi connectivity index (χ0) is 13.5. The topological polar surface area (TPSA) is 38.3 Å². The Morgan fingerprint density at radius 2 is 2.28 bits per heavy atom. The Labute approximate surface area is 130 Å². The van der Waals surface area contributed by atoms with E-state index in [0.29, 0.717) is 6.61 Å². The molecule has 0 fully saturated rings. The van der Waals surface area contributed by atoms with Gasteiger partial charge in [0, 0.05) is 16.0 Å². The van der Waals surface area contributed by atoms with E-state index in [1.54, 1.807) is 7.11 Å². The molecule has 0 saturated heterocycles. The van der Waals surface area contributed by atoms with E-state index in [4.69, 9.17) is 4.74 Å². The molecule has 5 heteroatoms. The van der Waals surface area contributed by atoms with Gasteiger partial charge in [-0.3, -0.25) is 4.79 Å². The zero-order valence-electron chi connectivity index (χ0n) is 10.5. The van der Waals surface area contributed by atoms with Crippen LogP contribution in [-0.2, 0) is 4.74 Å². The van der Waals surface area contributed by atoms with Crippen LogP contribution in [0.25, 0.3) is 0 Å². The van der Waals surface area contributed by atoms with E-state index < -0.39 is 0 Å². The van der Waals surface area contributed by atoms with Gasteiger partial charge in [0.15, 0.2) is 0 Å². The fraction of sp³-hybridized carbons (Fsp3) is 0.462. The SMILES string of the molecule is COCC(CCBr)NC(=O)c1cccc(C)c1I. The Morgan fingerprint density at radius 3 is 2.89 bits per heavy atom. The number of benzene rings is 1. The van der Waals surface area contributed by atoms with E-state index in [0.717, 1.165) is 26.4 Å². The van der Waals surface area contributed by atoms with Crippen molar-refractivity contribution in [3.05, 3.63) is 32.9 Å². The highest BCUT2D eigenvalue weighted by Crippen LogP contribution is 2.16. The van der Waals surface area contributed by atoms with Crippen LogP contribution in [0.15, 0.2) is 18.2 Å². The number of rotatable bonds is 6. The second-order valence-electron chi connectivity index (χ2n) is 4.04. The molecular formula is C13H17BrINO2. The lowest BCUT2D eigenvalue weighted by molar-refractivity contribution is 0.0894. The number of ether oxygens (including phenoxy) is 1. The van der Waals surface area contributed by atoms with Gasteiger partial charge in [0.1, 0.15) is 0 Å². The number of hydrogen-bond acceptors (Lipinski definition) is 2. The molecule has 1 atom stereocenters. The summed E-state index contributed by atoms with van der Waals surface area (Å²) >= 11 is 5.59. The van der Waals surface area contributed by atoms with Crippen LogP contribution in [0.4, 0.5) is 0 Å². The number of halogens is 2. The fourth-order valence-electron chi connectivity index (χ4n) is 1.62. The fourth-order valence-corrected chi connectivity index (χ4v) is 2.77. The lowest BCUT2D eigenvalue weighted by Gasteiger charge is -2.17. The zero-order valence-corrected chi connectivity index (χ0v) is 14.2. The molecule has 0 radical (unpaired) electrons. The number of alkyl halides is 1. The molecule has 0 bridgehead atoms. The molecule has 18 heavy (non-hydrogen) atoms. The van der Waals surface area contributed by atoms with Crippen LogP contribution in [0.5, 0.6) is 0 Å². The lowest BCUT2D eigenvalue weighted by atomic mass is 10.1. The van der Waals surface area contributed by atoms with Crippen molar-refractivity contribution >= 4 is 44.4 Å². The normalized spacial score (nSPS) is 12.2. The summed E-state index contributed by atoms with van der Waals surface area (Å²) < 4.78 is 6.11. The van der Waals surface area contributed by atoms with Gasteiger partial charge >= 0.3 is 0 Å². The summed E-state index contributed by atoms with van der Waals surface area (Å²) in [6.45, 7) is 2.53. The third kappa shape index (κ3) is 4.51. The van der Waals surface area contributed by atoms with Gasteiger partial charge in [0.2, 0.25) is 0 Å². The van der Waals surface area contributed by atoms with Gasteiger partial charge in [0.05, 0.1) is 18.2 Å². The van der Waals surface area contributed by atoms with Gasteiger partial charge in [-0.1, -0.05) is 28.1 Å². The van der Waals surface area contributed by atoms with E-state index in [2.05, 4.69) is 43.8 Å². The van der Waals surface area contributed by atoms with E-state index >= 15 is 0 Å². The predicted octanol–water partition coefficient (Wildman–Crippen LogP) is 3.13. The molecule has 0 spiro atoms. The number of carbonyl (C=O) groups is 1. The molecule has 1 rings (SSSR count). The second-order valence-corrected chi connectivity index (χ2v) is 5.91. The Kier molecular flexibility index (Phi) is 7.18. The molecule has 1 aromatic carbocycles. The first-order chi connectivity index (χ1) is 8.60. The van der Waals surface area contributed by atoms with Crippen LogP contribution in [0.2, 0.25) is 0 Å². The molecule has 1 unspecified atom stereocenters. The van der Waals surface area contributed by atoms with Gasteiger partial charge in [-0.25, -0.2) is 0 Å². The minimum atomic E-state index is -0.0360. The number of hydrogen-bond donors (Lipinski definition) is 1. The van der Waals surface area contributed by atoms with Gasteiger partial charge in [-0.2, -0.15) is 0 Å². The molecule has 100 valence electrons. The van der Waals surface area contributed by atoms with Crippen LogP contribution >= 0.6 is 38.5 Å². The van der Waals surface area contributed by atoms with Crippen molar-refractivity contribution in [2.45, 2.75) is 19.4 Å². The maximum absolute atomic E-state index is 12.2. The van der Waals surface area contributed by atoms with Gasteiger partial charge in [-0.05, 0) is 47.6 Å². The first kappa shape index (κ1) is 15.9. The third-order valence-electron chi connectivity index (χ3n) is 2.60. The molecule has 1 N–H and O–H groups in total. The lowest BCUT2D eigenvalue weighted by Crippen LogP contribution is -2.38. The molecule has 0 heterocycles. The molecule has 0 aliphatic heterocycles. The minimum Gasteiger partial charge on any atom is -0.383 e. The third-order valence-corrected chi connectivity index (χ3v) is 4.49. The Balaban J connectivity index is 2.77. The van der Waals surface area contributed by atoms with Crippen LogP contribution in [0.1, 0.15) is 22.3 Å². The first-order valence-electron chi connectivity index (χ1n) is 5.71. The highest BCUT2D eigenvalue weighted by molar-refractivity contribution is 14.1. The largest absolute Gasteiger partial charge is 0.383 e. The van der Waals surface area contributed by atoms with E-state index in [9.17, 15) is 4.79 Å². The van der Waals surface area contributed by atoms with E-state index in [1.807, 2.05) is 25.1 Å². The number of aryl methyl sites for hydroxylation is 1. The minimum absolute atomic E-state index is 0.0360. The maximum atomic E-state index is 12.2. The summed E-state index contributed by atoms with van der Waals surface area (Å²) in [6, 6.07) is 5.80. The molecule has 0 aliphatic carbocycles. The molecular weight excluding hydrogens is 409 g/mol. The average molecular weight is 426 g/mol. The van der Waals surface area contributed by atoms with Crippen molar-refractivity contribution in [3.8, 4) is 0 Å². The molecule has 1 amide bonds. The molecule has 0 saturated carbocycles. The van der Waals surface area contributed by atoms with Gasteiger partial charge in [-0.15, -0.1) is 0 Å². The molecule has 0 aliphatic rings. The van der Waals surface area contributed by atoms with Gasteiger partial charge < -0.3 is 10.1 Å². The van der Waals surface area contributed by atoms with E-state index in [-0.39, 0.29) is 11.9 Å². The number of carbonyl (C=O) groups excluding carboxylic acids is 1. The summed E-state index contributed by atoms with van der Waals surface area (Å²) in [5.74, 6) is -0.0360. The maximum Gasteiger partial charge on any atom is 0.252 e. The van der Waals surface area contributed by atoms with Crippen LogP contribution in [0.3, 0.4) is 0 Å².